The molecule has 1 rings (SSSR count). The first-order chi connectivity index (χ1) is 10.1. The molecule has 7 heteroatoms. The van der Waals surface area contributed by atoms with Gasteiger partial charge in [0.15, 0.2) is 0 Å². The van der Waals surface area contributed by atoms with Gasteiger partial charge >= 0.3 is 6.09 Å². The molecule has 0 unspecified atom stereocenters. The summed E-state index contributed by atoms with van der Waals surface area (Å²) in [5, 5.41) is 13.7. The number of ether oxygens (including phenoxy) is 2. The number of hydrogen-bond donors (Lipinski definition) is 1. The second-order valence-corrected chi connectivity index (χ2v) is 5.92. The van der Waals surface area contributed by atoms with Gasteiger partial charge in [0.2, 0.25) is 6.04 Å². The lowest BCUT2D eigenvalue weighted by Gasteiger charge is -2.24. The average molecular weight is 310 g/mol. The third-order valence-corrected chi connectivity index (χ3v) is 2.96. The molecule has 0 spiro atoms. The van der Waals surface area contributed by atoms with Gasteiger partial charge in [-0.05, 0) is 38.5 Å². The largest absolute Gasteiger partial charge is 0.497 e. The molecule has 2 atom stereocenters. The summed E-state index contributed by atoms with van der Waals surface area (Å²) in [5.41, 5.74) is -0.0669. The number of amides is 1. The number of hydrogen-bond acceptors (Lipinski definition) is 5. The highest BCUT2D eigenvalue weighted by Crippen LogP contribution is 2.22. The van der Waals surface area contributed by atoms with Crippen LogP contribution < -0.4 is 10.1 Å². The quantitative estimate of drug-likeness (QED) is 0.667. The lowest BCUT2D eigenvalue weighted by molar-refractivity contribution is -0.523. The lowest BCUT2D eigenvalue weighted by atomic mass is 10.0. The molecule has 1 amide bonds. The number of methoxy groups -OCH3 is 1. The molecule has 0 aliphatic rings. The normalized spacial score (nSPS) is 13.9. The molecular formula is C15H22N2O5. The second kappa shape index (κ2) is 7.11. The standard InChI is InChI=1S/C15H22N2O5/c1-10(17(19)20)13(16-14(18)22-15(2,3)4)11-6-8-12(21-5)9-7-11/h6-10,13H,1-5H3,(H,16,18)/t10-,13-/m1/s1. The number of carbonyl (C=O) groups excluding carboxylic acids is 1. The maximum absolute atomic E-state index is 11.9. The van der Waals surface area contributed by atoms with Gasteiger partial charge in [0.25, 0.3) is 0 Å². The number of carbonyl (C=O) groups is 1. The molecule has 0 bridgehead atoms. The van der Waals surface area contributed by atoms with Gasteiger partial charge in [0, 0.05) is 11.8 Å². The van der Waals surface area contributed by atoms with Crippen LogP contribution in [0.2, 0.25) is 0 Å². The van der Waals surface area contributed by atoms with Gasteiger partial charge in [0.1, 0.15) is 17.4 Å². The first-order valence-electron chi connectivity index (χ1n) is 6.91. The maximum atomic E-state index is 11.9. The van der Waals surface area contributed by atoms with Crippen LogP contribution in [0, 0.1) is 10.1 Å². The van der Waals surface area contributed by atoms with E-state index >= 15 is 0 Å². The highest BCUT2D eigenvalue weighted by atomic mass is 16.6. The Bertz CT molecular complexity index is 522. The van der Waals surface area contributed by atoms with Crippen LogP contribution in [-0.2, 0) is 4.74 Å². The summed E-state index contributed by atoms with van der Waals surface area (Å²) >= 11 is 0. The summed E-state index contributed by atoms with van der Waals surface area (Å²) in [5.74, 6) is 0.633. The van der Waals surface area contributed by atoms with Gasteiger partial charge in [0.05, 0.1) is 7.11 Å². The third kappa shape index (κ3) is 5.23. The zero-order chi connectivity index (χ0) is 16.9. The minimum absolute atomic E-state index is 0.438. The van der Waals surface area contributed by atoms with E-state index in [1.54, 1.807) is 45.0 Å². The summed E-state index contributed by atoms with van der Waals surface area (Å²) in [7, 11) is 1.53. The number of nitrogens with one attached hydrogen (secondary N) is 1. The SMILES string of the molecule is COc1ccc([C@H](NC(=O)OC(C)(C)C)[C@@H](C)[N+](=O)[O-])cc1. The van der Waals surface area contributed by atoms with E-state index in [-0.39, 0.29) is 0 Å². The van der Waals surface area contributed by atoms with Crippen molar-refractivity contribution in [1.82, 2.24) is 5.32 Å². The van der Waals surface area contributed by atoms with E-state index in [0.29, 0.717) is 11.3 Å². The molecule has 0 aromatic heterocycles. The van der Waals surface area contributed by atoms with Gasteiger partial charge in [-0.2, -0.15) is 0 Å². The molecule has 1 aromatic carbocycles. The smallest absolute Gasteiger partial charge is 0.408 e. The molecule has 1 N–H and O–H groups in total. The van der Waals surface area contributed by atoms with Gasteiger partial charge in [-0.1, -0.05) is 12.1 Å². The predicted octanol–water partition coefficient (Wildman–Crippen LogP) is 2.93. The van der Waals surface area contributed by atoms with Crippen LogP contribution in [0.15, 0.2) is 24.3 Å². The van der Waals surface area contributed by atoms with E-state index in [4.69, 9.17) is 9.47 Å². The fourth-order valence-electron chi connectivity index (χ4n) is 1.85. The van der Waals surface area contributed by atoms with Crippen LogP contribution in [0.25, 0.3) is 0 Å². The zero-order valence-electron chi connectivity index (χ0n) is 13.5. The number of benzene rings is 1. The first kappa shape index (κ1) is 17.7. The fourth-order valence-corrected chi connectivity index (χ4v) is 1.85. The van der Waals surface area contributed by atoms with Crippen molar-refractivity contribution in [2.75, 3.05) is 7.11 Å². The molecule has 0 aliphatic carbocycles. The minimum atomic E-state index is -0.999. The van der Waals surface area contributed by atoms with E-state index in [9.17, 15) is 14.9 Å². The number of rotatable bonds is 5. The Balaban J connectivity index is 2.97. The number of nitro groups is 1. The molecule has 22 heavy (non-hydrogen) atoms. The van der Waals surface area contributed by atoms with E-state index in [0.717, 1.165) is 0 Å². The number of alkyl carbamates (subject to hydrolysis) is 1. The Morgan fingerprint density at radius 3 is 2.23 bits per heavy atom. The van der Waals surface area contributed by atoms with Gasteiger partial charge in [-0.25, -0.2) is 4.79 Å². The summed E-state index contributed by atoms with van der Waals surface area (Å²) in [6, 6.07) is 4.94. The highest BCUT2D eigenvalue weighted by Gasteiger charge is 2.31. The summed E-state index contributed by atoms with van der Waals surface area (Å²) in [6.45, 7) is 6.62. The molecule has 0 heterocycles. The molecule has 0 saturated carbocycles. The van der Waals surface area contributed by atoms with Crippen LogP contribution in [0.3, 0.4) is 0 Å². The van der Waals surface area contributed by atoms with Crippen LogP contribution in [0.5, 0.6) is 5.75 Å². The van der Waals surface area contributed by atoms with Crippen LogP contribution in [0.4, 0.5) is 4.79 Å². The van der Waals surface area contributed by atoms with Crippen molar-refractivity contribution in [3.8, 4) is 5.75 Å². The van der Waals surface area contributed by atoms with Crippen LogP contribution in [-0.4, -0.2) is 29.8 Å². The van der Waals surface area contributed by atoms with Crippen molar-refractivity contribution in [3.05, 3.63) is 39.9 Å². The van der Waals surface area contributed by atoms with E-state index < -0.39 is 28.7 Å². The Morgan fingerprint density at radius 2 is 1.82 bits per heavy atom. The predicted molar refractivity (Wildman–Crippen MR) is 81.6 cm³/mol. The molecule has 0 fully saturated rings. The molecule has 7 nitrogen and oxygen atoms in total. The topological polar surface area (TPSA) is 90.7 Å². The van der Waals surface area contributed by atoms with Crippen molar-refractivity contribution in [3.63, 3.8) is 0 Å². The molecule has 0 radical (unpaired) electrons. The van der Waals surface area contributed by atoms with Crippen molar-refractivity contribution in [2.45, 2.75) is 45.4 Å². The Labute approximate surface area is 129 Å². The van der Waals surface area contributed by atoms with E-state index in [2.05, 4.69) is 5.32 Å². The van der Waals surface area contributed by atoms with Gasteiger partial charge < -0.3 is 14.8 Å². The van der Waals surface area contributed by atoms with Crippen molar-refractivity contribution >= 4 is 6.09 Å². The van der Waals surface area contributed by atoms with Gasteiger partial charge in [-0.15, -0.1) is 0 Å². The first-order valence-corrected chi connectivity index (χ1v) is 6.91. The molecule has 1 aromatic rings. The molecule has 122 valence electrons. The Hall–Kier alpha value is -2.31. The monoisotopic (exact) mass is 310 g/mol. The van der Waals surface area contributed by atoms with E-state index in [1.165, 1.54) is 14.0 Å². The Morgan fingerprint density at radius 1 is 1.27 bits per heavy atom. The second-order valence-electron chi connectivity index (χ2n) is 5.92. The maximum Gasteiger partial charge on any atom is 0.408 e. The summed E-state index contributed by atoms with van der Waals surface area (Å²) in [6.07, 6.45) is -0.693. The summed E-state index contributed by atoms with van der Waals surface area (Å²) < 4.78 is 10.2. The summed E-state index contributed by atoms with van der Waals surface area (Å²) in [4.78, 5) is 22.6. The number of nitrogens with zero attached hydrogens (tertiary/aromatic N) is 1. The van der Waals surface area contributed by atoms with Crippen molar-refractivity contribution < 1.29 is 19.2 Å². The Kier molecular flexibility index (Phi) is 5.73. The lowest BCUT2D eigenvalue weighted by Crippen LogP contribution is -2.41. The van der Waals surface area contributed by atoms with Crippen molar-refractivity contribution in [1.29, 1.82) is 0 Å². The van der Waals surface area contributed by atoms with Crippen molar-refractivity contribution in [2.24, 2.45) is 0 Å². The molecular weight excluding hydrogens is 288 g/mol. The zero-order valence-corrected chi connectivity index (χ0v) is 13.5. The molecule has 0 aliphatic heterocycles. The van der Waals surface area contributed by atoms with E-state index in [1.807, 2.05) is 0 Å². The average Bonchev–Trinajstić information content (AvgIpc) is 2.42. The fraction of sp³-hybridized carbons (Fsp3) is 0.533. The minimum Gasteiger partial charge on any atom is -0.497 e. The van der Waals surface area contributed by atoms with Crippen LogP contribution in [0.1, 0.15) is 39.3 Å². The third-order valence-electron chi connectivity index (χ3n) is 2.96. The highest BCUT2D eigenvalue weighted by molar-refractivity contribution is 5.68. The molecule has 0 saturated heterocycles. The van der Waals surface area contributed by atoms with Crippen LogP contribution >= 0.6 is 0 Å². The van der Waals surface area contributed by atoms with Gasteiger partial charge in [-0.3, -0.25) is 10.1 Å².